The van der Waals surface area contributed by atoms with Gasteiger partial charge in [0.05, 0.1) is 20.1 Å². The number of methoxy groups -OCH3 is 2. The van der Waals surface area contributed by atoms with Gasteiger partial charge in [0, 0.05) is 0 Å². The Morgan fingerprint density at radius 3 is 2.39 bits per heavy atom. The standard InChI is InChI=1S/C12H13FO5/c1-6(11(14)15)7-4-8(12(16)18-3)10(17-2)9(13)5-7/h4-6H,1-3H3,(H,14,15). The van der Waals surface area contributed by atoms with Gasteiger partial charge >= 0.3 is 11.9 Å². The van der Waals surface area contributed by atoms with Gasteiger partial charge in [-0.3, -0.25) is 4.79 Å². The van der Waals surface area contributed by atoms with E-state index in [9.17, 15) is 14.0 Å². The van der Waals surface area contributed by atoms with Crippen LogP contribution in [0.15, 0.2) is 12.1 Å². The lowest BCUT2D eigenvalue weighted by Gasteiger charge is -2.12. The van der Waals surface area contributed by atoms with Gasteiger partial charge in [0.1, 0.15) is 5.56 Å². The first-order chi connectivity index (χ1) is 8.42. The fraction of sp³-hybridized carbons (Fsp3) is 0.333. The third-order valence-corrected chi connectivity index (χ3v) is 2.55. The van der Waals surface area contributed by atoms with Gasteiger partial charge in [-0.15, -0.1) is 0 Å². The van der Waals surface area contributed by atoms with E-state index in [0.717, 1.165) is 13.2 Å². The van der Waals surface area contributed by atoms with Crippen molar-refractivity contribution in [2.45, 2.75) is 12.8 Å². The number of carboxylic acids is 1. The minimum Gasteiger partial charge on any atom is -0.493 e. The molecule has 1 unspecified atom stereocenters. The monoisotopic (exact) mass is 256 g/mol. The van der Waals surface area contributed by atoms with E-state index in [1.54, 1.807) is 0 Å². The van der Waals surface area contributed by atoms with Crippen LogP contribution in [0, 0.1) is 5.82 Å². The number of rotatable bonds is 4. The largest absolute Gasteiger partial charge is 0.493 e. The normalized spacial score (nSPS) is 11.8. The van der Waals surface area contributed by atoms with Crippen LogP contribution in [0.25, 0.3) is 0 Å². The van der Waals surface area contributed by atoms with Crippen molar-refractivity contribution in [2.24, 2.45) is 0 Å². The molecule has 0 spiro atoms. The van der Waals surface area contributed by atoms with Crippen molar-refractivity contribution in [1.29, 1.82) is 0 Å². The highest BCUT2D eigenvalue weighted by Crippen LogP contribution is 2.28. The Kier molecular flexibility index (Phi) is 4.25. The maximum absolute atomic E-state index is 13.7. The van der Waals surface area contributed by atoms with Crippen molar-refractivity contribution in [2.75, 3.05) is 14.2 Å². The van der Waals surface area contributed by atoms with Gasteiger partial charge in [0.15, 0.2) is 11.6 Å². The summed E-state index contributed by atoms with van der Waals surface area (Å²) in [6.45, 7) is 1.39. The molecule has 0 saturated heterocycles. The van der Waals surface area contributed by atoms with Crippen molar-refractivity contribution < 1.29 is 28.6 Å². The molecule has 6 heteroatoms. The van der Waals surface area contributed by atoms with E-state index < -0.39 is 23.7 Å². The fourth-order valence-corrected chi connectivity index (χ4v) is 1.48. The van der Waals surface area contributed by atoms with Crippen LogP contribution in [-0.2, 0) is 9.53 Å². The first kappa shape index (κ1) is 14.0. The van der Waals surface area contributed by atoms with Gasteiger partial charge in [-0.05, 0) is 24.6 Å². The summed E-state index contributed by atoms with van der Waals surface area (Å²) in [5.41, 5.74) is 0.0318. The van der Waals surface area contributed by atoms with E-state index in [1.807, 2.05) is 0 Å². The third kappa shape index (κ3) is 2.58. The Labute approximate surface area is 103 Å². The van der Waals surface area contributed by atoms with Crippen LogP contribution in [0.5, 0.6) is 5.75 Å². The number of halogens is 1. The number of aliphatic carboxylic acids is 1. The van der Waals surface area contributed by atoms with Crippen molar-refractivity contribution in [1.82, 2.24) is 0 Å². The second-order valence-corrected chi connectivity index (χ2v) is 3.64. The number of hydrogen-bond acceptors (Lipinski definition) is 4. The summed E-state index contributed by atoms with van der Waals surface area (Å²) < 4.78 is 23.0. The van der Waals surface area contributed by atoms with Crippen LogP contribution in [-0.4, -0.2) is 31.3 Å². The van der Waals surface area contributed by atoms with Crippen LogP contribution in [0.4, 0.5) is 4.39 Å². The Balaban J connectivity index is 3.39. The van der Waals surface area contributed by atoms with Crippen molar-refractivity contribution in [3.63, 3.8) is 0 Å². The van der Waals surface area contributed by atoms with Crippen molar-refractivity contribution in [3.05, 3.63) is 29.1 Å². The lowest BCUT2D eigenvalue weighted by molar-refractivity contribution is -0.138. The van der Waals surface area contributed by atoms with Gasteiger partial charge in [-0.2, -0.15) is 0 Å². The smallest absolute Gasteiger partial charge is 0.341 e. The maximum atomic E-state index is 13.7. The highest BCUT2D eigenvalue weighted by molar-refractivity contribution is 5.93. The van der Waals surface area contributed by atoms with Gasteiger partial charge in [0.2, 0.25) is 0 Å². The summed E-state index contributed by atoms with van der Waals surface area (Å²) in [5, 5.41) is 8.87. The van der Waals surface area contributed by atoms with Crippen molar-refractivity contribution >= 4 is 11.9 Å². The molecule has 0 heterocycles. The highest BCUT2D eigenvalue weighted by atomic mass is 19.1. The summed E-state index contributed by atoms with van der Waals surface area (Å²) >= 11 is 0. The SMILES string of the molecule is COC(=O)c1cc(C(C)C(=O)O)cc(F)c1OC. The van der Waals surface area contributed by atoms with Crippen LogP contribution < -0.4 is 4.74 Å². The Morgan fingerprint density at radius 2 is 1.94 bits per heavy atom. The first-order valence-electron chi connectivity index (χ1n) is 5.10. The van der Waals surface area contributed by atoms with Crippen LogP contribution >= 0.6 is 0 Å². The molecule has 1 N–H and O–H groups in total. The molecule has 1 atom stereocenters. The molecule has 0 saturated carbocycles. The Morgan fingerprint density at radius 1 is 1.33 bits per heavy atom. The second kappa shape index (κ2) is 5.48. The zero-order valence-corrected chi connectivity index (χ0v) is 10.2. The average Bonchev–Trinajstić information content (AvgIpc) is 2.35. The molecule has 5 nitrogen and oxygen atoms in total. The number of carbonyl (C=O) groups is 2. The molecule has 1 rings (SSSR count). The molecule has 1 aromatic carbocycles. The van der Waals surface area contributed by atoms with Gasteiger partial charge in [-0.1, -0.05) is 0 Å². The molecule has 0 aliphatic heterocycles. The van der Waals surface area contributed by atoms with E-state index in [1.165, 1.54) is 20.1 Å². The molecule has 0 bridgehead atoms. The quantitative estimate of drug-likeness (QED) is 0.832. The molecule has 98 valence electrons. The fourth-order valence-electron chi connectivity index (χ4n) is 1.48. The number of ether oxygens (including phenoxy) is 2. The number of esters is 1. The van der Waals surface area contributed by atoms with E-state index >= 15 is 0 Å². The van der Waals surface area contributed by atoms with E-state index in [-0.39, 0.29) is 16.9 Å². The van der Waals surface area contributed by atoms with E-state index in [2.05, 4.69) is 4.74 Å². The minimum atomic E-state index is -1.12. The molecular formula is C12H13FO5. The molecule has 1 aromatic rings. The Hall–Kier alpha value is -2.11. The topological polar surface area (TPSA) is 72.8 Å². The summed E-state index contributed by atoms with van der Waals surface area (Å²) in [7, 11) is 2.36. The number of benzene rings is 1. The molecular weight excluding hydrogens is 243 g/mol. The van der Waals surface area contributed by atoms with Crippen molar-refractivity contribution in [3.8, 4) is 5.75 Å². The van der Waals surface area contributed by atoms with E-state index in [4.69, 9.17) is 9.84 Å². The van der Waals surface area contributed by atoms with Crippen LogP contribution in [0.3, 0.4) is 0 Å². The zero-order valence-electron chi connectivity index (χ0n) is 10.2. The van der Waals surface area contributed by atoms with Gasteiger partial charge in [-0.25, -0.2) is 9.18 Å². The number of carbonyl (C=O) groups excluding carboxylic acids is 1. The second-order valence-electron chi connectivity index (χ2n) is 3.64. The molecule has 0 amide bonds. The zero-order chi connectivity index (χ0) is 13.9. The molecule has 0 radical (unpaired) electrons. The Bertz CT molecular complexity index is 484. The summed E-state index contributed by atoms with van der Waals surface area (Å²) in [4.78, 5) is 22.3. The highest BCUT2D eigenvalue weighted by Gasteiger charge is 2.22. The lowest BCUT2D eigenvalue weighted by atomic mass is 9.98. The number of hydrogen-bond donors (Lipinski definition) is 1. The van der Waals surface area contributed by atoms with E-state index in [0.29, 0.717) is 0 Å². The van der Waals surface area contributed by atoms with Crippen LogP contribution in [0.2, 0.25) is 0 Å². The molecule has 18 heavy (non-hydrogen) atoms. The first-order valence-corrected chi connectivity index (χ1v) is 5.10. The third-order valence-electron chi connectivity index (χ3n) is 2.55. The summed E-state index contributed by atoms with van der Waals surface area (Å²) in [5.74, 6) is -3.90. The molecule has 0 aliphatic rings. The van der Waals surface area contributed by atoms with Gasteiger partial charge in [0.25, 0.3) is 0 Å². The summed E-state index contributed by atoms with van der Waals surface area (Å²) in [6.07, 6.45) is 0. The summed E-state index contributed by atoms with van der Waals surface area (Å²) in [6, 6.07) is 2.29. The molecule has 0 aliphatic carbocycles. The van der Waals surface area contributed by atoms with Gasteiger partial charge < -0.3 is 14.6 Å². The molecule has 0 fully saturated rings. The predicted octanol–water partition coefficient (Wildman–Crippen LogP) is 1.81. The van der Waals surface area contributed by atoms with Crippen LogP contribution in [0.1, 0.15) is 28.8 Å². The molecule has 0 aromatic heterocycles. The lowest BCUT2D eigenvalue weighted by Crippen LogP contribution is -2.11. The number of carboxylic acid groups (broad SMARTS) is 1. The maximum Gasteiger partial charge on any atom is 0.341 e. The average molecular weight is 256 g/mol. The predicted molar refractivity (Wildman–Crippen MR) is 60.3 cm³/mol. The minimum absolute atomic E-state index is 0.136.